The van der Waals surface area contributed by atoms with Crippen LogP contribution < -0.4 is 5.32 Å². The fourth-order valence-corrected chi connectivity index (χ4v) is 5.90. The predicted molar refractivity (Wildman–Crippen MR) is 125 cm³/mol. The van der Waals surface area contributed by atoms with E-state index in [2.05, 4.69) is 29.6 Å². The standard InChI is InChI=1S/C26H23NO4S/c28-25(29)23(13-16-15-32-24-12-6-5-7-17(16)24)27-26(30)31-14-22-20-10-3-1-8-18(20)19-9-2-4-11-21(19)22/h1-12,15,17,22-24H,13-14H2,(H,27,30)(H,28,29)/t17-,23+,24-/m1/s1. The summed E-state index contributed by atoms with van der Waals surface area (Å²) in [7, 11) is 0. The van der Waals surface area contributed by atoms with Crippen LogP contribution in [0.4, 0.5) is 4.79 Å². The lowest BCUT2D eigenvalue weighted by Gasteiger charge is -2.21. The second-order valence-electron chi connectivity index (χ2n) is 8.15. The Kier molecular flexibility index (Phi) is 5.62. The van der Waals surface area contributed by atoms with Crippen molar-refractivity contribution in [3.63, 3.8) is 0 Å². The van der Waals surface area contributed by atoms with Gasteiger partial charge in [-0.3, -0.25) is 0 Å². The largest absolute Gasteiger partial charge is 0.480 e. The molecule has 2 aliphatic carbocycles. The van der Waals surface area contributed by atoms with Gasteiger partial charge in [-0.1, -0.05) is 78.4 Å². The number of allylic oxidation sites excluding steroid dienone is 3. The number of ether oxygens (including phenoxy) is 1. The molecule has 2 aromatic rings. The molecule has 0 saturated heterocycles. The van der Waals surface area contributed by atoms with E-state index < -0.39 is 18.1 Å². The zero-order chi connectivity index (χ0) is 22.1. The maximum atomic E-state index is 12.5. The second-order valence-corrected chi connectivity index (χ2v) is 9.21. The summed E-state index contributed by atoms with van der Waals surface area (Å²) in [6.07, 6.45) is 7.74. The van der Waals surface area contributed by atoms with Gasteiger partial charge in [-0.05, 0) is 27.7 Å². The van der Waals surface area contributed by atoms with Gasteiger partial charge in [0.05, 0.1) is 0 Å². The number of fused-ring (bicyclic) bond motifs is 4. The molecule has 1 heterocycles. The van der Waals surface area contributed by atoms with Crippen molar-refractivity contribution in [2.75, 3.05) is 6.61 Å². The molecule has 3 aliphatic rings. The number of carboxylic acid groups (broad SMARTS) is 1. The summed E-state index contributed by atoms with van der Waals surface area (Å²) in [6, 6.07) is 15.2. The van der Waals surface area contributed by atoms with Crippen molar-refractivity contribution in [2.24, 2.45) is 5.92 Å². The zero-order valence-electron chi connectivity index (χ0n) is 17.3. The summed E-state index contributed by atoms with van der Waals surface area (Å²) < 4.78 is 5.53. The van der Waals surface area contributed by atoms with Crippen LogP contribution in [0.1, 0.15) is 23.5 Å². The number of carboxylic acids is 1. The van der Waals surface area contributed by atoms with Crippen molar-refractivity contribution in [1.29, 1.82) is 0 Å². The molecular weight excluding hydrogens is 422 g/mol. The molecule has 32 heavy (non-hydrogen) atoms. The third-order valence-corrected chi connectivity index (χ3v) is 7.47. The number of rotatable bonds is 6. The lowest BCUT2D eigenvalue weighted by Crippen LogP contribution is -2.42. The molecule has 0 bridgehead atoms. The lowest BCUT2D eigenvalue weighted by atomic mass is 9.89. The molecule has 0 saturated carbocycles. The van der Waals surface area contributed by atoms with Gasteiger partial charge >= 0.3 is 12.1 Å². The quantitative estimate of drug-likeness (QED) is 0.646. The van der Waals surface area contributed by atoms with Gasteiger partial charge in [-0.25, -0.2) is 9.59 Å². The molecule has 1 aliphatic heterocycles. The number of amides is 1. The van der Waals surface area contributed by atoms with E-state index >= 15 is 0 Å². The Morgan fingerprint density at radius 3 is 2.34 bits per heavy atom. The number of aliphatic carboxylic acids is 1. The van der Waals surface area contributed by atoms with Crippen LogP contribution >= 0.6 is 11.8 Å². The molecule has 2 aromatic carbocycles. The Hall–Kier alpha value is -3.25. The highest BCUT2D eigenvalue weighted by molar-refractivity contribution is 8.03. The molecule has 0 fully saturated rings. The Balaban J connectivity index is 1.24. The highest BCUT2D eigenvalue weighted by Gasteiger charge is 2.33. The van der Waals surface area contributed by atoms with Gasteiger partial charge in [0.1, 0.15) is 12.6 Å². The van der Waals surface area contributed by atoms with Crippen molar-refractivity contribution < 1.29 is 19.4 Å². The fourth-order valence-electron chi connectivity index (χ4n) is 4.70. The number of carbonyl (C=O) groups is 2. The van der Waals surface area contributed by atoms with E-state index in [-0.39, 0.29) is 24.9 Å². The van der Waals surface area contributed by atoms with Gasteiger partial charge < -0.3 is 15.2 Å². The normalized spacial score (nSPS) is 21.3. The molecule has 0 spiro atoms. The van der Waals surface area contributed by atoms with Crippen molar-refractivity contribution >= 4 is 23.8 Å². The number of nitrogens with one attached hydrogen (secondary N) is 1. The SMILES string of the molecule is O=C(N[C@@H](CC1=CS[C@@H]2C=CC=C[C@H]12)C(=O)O)OCC1c2ccccc2-c2ccccc21. The molecule has 6 heteroatoms. The molecule has 2 N–H and O–H groups in total. The van der Waals surface area contributed by atoms with Crippen molar-refractivity contribution in [1.82, 2.24) is 5.32 Å². The first-order chi connectivity index (χ1) is 15.6. The molecule has 5 nitrogen and oxygen atoms in total. The molecule has 1 amide bonds. The van der Waals surface area contributed by atoms with E-state index in [9.17, 15) is 14.7 Å². The molecule has 0 radical (unpaired) electrons. The van der Waals surface area contributed by atoms with E-state index in [1.54, 1.807) is 11.8 Å². The number of carbonyl (C=O) groups excluding carboxylic acids is 1. The minimum Gasteiger partial charge on any atom is -0.480 e. The molecule has 162 valence electrons. The lowest BCUT2D eigenvalue weighted by molar-refractivity contribution is -0.139. The van der Waals surface area contributed by atoms with Gasteiger partial charge in [0.15, 0.2) is 0 Å². The van der Waals surface area contributed by atoms with Crippen LogP contribution in [0.3, 0.4) is 0 Å². The molecule has 0 aromatic heterocycles. The van der Waals surface area contributed by atoms with Gasteiger partial charge in [-0.15, -0.1) is 11.8 Å². The first-order valence-corrected chi connectivity index (χ1v) is 11.6. The Bertz CT molecular complexity index is 1110. The fraction of sp³-hybridized carbons (Fsp3) is 0.231. The summed E-state index contributed by atoms with van der Waals surface area (Å²) >= 11 is 1.68. The monoisotopic (exact) mass is 445 g/mol. The summed E-state index contributed by atoms with van der Waals surface area (Å²) in [5, 5.41) is 14.6. The summed E-state index contributed by atoms with van der Waals surface area (Å²) in [4.78, 5) is 24.4. The van der Waals surface area contributed by atoms with Crippen molar-refractivity contribution in [2.45, 2.75) is 23.6 Å². The number of hydrogen-bond donors (Lipinski definition) is 2. The average Bonchev–Trinajstić information content (AvgIpc) is 3.36. The Morgan fingerprint density at radius 2 is 1.66 bits per heavy atom. The number of thioether (sulfide) groups is 1. The third kappa shape index (κ3) is 3.86. The number of hydrogen-bond acceptors (Lipinski definition) is 4. The van der Waals surface area contributed by atoms with Crippen molar-refractivity contribution in [3.8, 4) is 11.1 Å². The molecule has 3 atom stereocenters. The number of benzene rings is 2. The second kappa shape index (κ2) is 8.71. The van der Waals surface area contributed by atoms with Crippen LogP contribution in [0.25, 0.3) is 11.1 Å². The van der Waals surface area contributed by atoms with Gasteiger partial charge in [0.2, 0.25) is 0 Å². The van der Waals surface area contributed by atoms with Crippen LogP contribution in [0.5, 0.6) is 0 Å². The topological polar surface area (TPSA) is 75.6 Å². The molecule has 0 unspecified atom stereocenters. The minimum atomic E-state index is -1.07. The Morgan fingerprint density at radius 1 is 1.00 bits per heavy atom. The number of alkyl carbamates (subject to hydrolysis) is 1. The molecule has 5 rings (SSSR count). The van der Waals surface area contributed by atoms with Crippen LogP contribution in [-0.4, -0.2) is 35.1 Å². The van der Waals surface area contributed by atoms with E-state index in [1.165, 1.54) is 0 Å². The summed E-state index contributed by atoms with van der Waals surface area (Å²) in [5.74, 6) is -0.954. The summed E-state index contributed by atoms with van der Waals surface area (Å²) in [5.41, 5.74) is 5.55. The predicted octanol–water partition coefficient (Wildman–Crippen LogP) is 5.11. The first kappa shape index (κ1) is 20.6. The Labute approximate surface area is 190 Å². The molecular formula is C26H23NO4S. The minimum absolute atomic E-state index is 0.0645. The highest BCUT2D eigenvalue weighted by Crippen LogP contribution is 2.44. The first-order valence-electron chi connectivity index (χ1n) is 10.7. The van der Waals surface area contributed by atoms with E-state index in [1.807, 2.05) is 54.0 Å². The van der Waals surface area contributed by atoms with E-state index in [0.717, 1.165) is 27.8 Å². The maximum Gasteiger partial charge on any atom is 0.407 e. The zero-order valence-corrected chi connectivity index (χ0v) is 18.1. The summed E-state index contributed by atoms with van der Waals surface area (Å²) in [6.45, 7) is 0.156. The highest BCUT2D eigenvalue weighted by atomic mass is 32.2. The maximum absolute atomic E-state index is 12.5. The van der Waals surface area contributed by atoms with E-state index in [4.69, 9.17) is 4.74 Å². The van der Waals surface area contributed by atoms with Crippen LogP contribution in [0, 0.1) is 5.92 Å². The average molecular weight is 446 g/mol. The van der Waals surface area contributed by atoms with Gasteiger partial charge in [0.25, 0.3) is 0 Å². The van der Waals surface area contributed by atoms with E-state index in [0.29, 0.717) is 5.25 Å². The van der Waals surface area contributed by atoms with Crippen LogP contribution in [-0.2, 0) is 9.53 Å². The van der Waals surface area contributed by atoms with Crippen LogP contribution in [0.15, 0.2) is 83.8 Å². The van der Waals surface area contributed by atoms with Crippen LogP contribution in [0.2, 0.25) is 0 Å². The third-order valence-electron chi connectivity index (χ3n) is 6.26. The van der Waals surface area contributed by atoms with Crippen molar-refractivity contribution in [3.05, 3.63) is 94.9 Å². The van der Waals surface area contributed by atoms with Gasteiger partial charge in [-0.2, -0.15) is 0 Å². The smallest absolute Gasteiger partial charge is 0.407 e. The van der Waals surface area contributed by atoms with Gasteiger partial charge in [0, 0.05) is 23.5 Å².